The van der Waals surface area contributed by atoms with Gasteiger partial charge in [0.15, 0.2) is 9.84 Å². The summed E-state index contributed by atoms with van der Waals surface area (Å²) in [6.45, 7) is 5.23. The average molecular weight is 249 g/mol. The molecule has 1 saturated heterocycles. The van der Waals surface area contributed by atoms with Crippen molar-refractivity contribution in [3.63, 3.8) is 0 Å². The molecule has 94 valence electrons. The molecule has 0 radical (unpaired) electrons. The van der Waals surface area contributed by atoms with Crippen LogP contribution in [-0.2, 0) is 14.6 Å². The minimum atomic E-state index is -2.96. The maximum absolute atomic E-state index is 11.4. The SMILES string of the molecule is CC(NC1(C)CCS(=O)(=O)C1)C(C)C(=O)O. The first-order valence-corrected chi connectivity index (χ1v) is 7.18. The number of hydrogen-bond acceptors (Lipinski definition) is 4. The number of hydrogen-bond donors (Lipinski definition) is 2. The fourth-order valence-electron chi connectivity index (χ4n) is 2.01. The normalized spacial score (nSPS) is 32.2. The molecule has 3 atom stereocenters. The van der Waals surface area contributed by atoms with E-state index in [1.807, 2.05) is 6.92 Å². The van der Waals surface area contributed by atoms with Gasteiger partial charge in [-0.05, 0) is 20.3 Å². The highest BCUT2D eigenvalue weighted by molar-refractivity contribution is 7.91. The minimum Gasteiger partial charge on any atom is -0.481 e. The summed E-state index contributed by atoms with van der Waals surface area (Å²) in [6.07, 6.45) is 0.548. The molecule has 0 bridgehead atoms. The summed E-state index contributed by atoms with van der Waals surface area (Å²) in [5.74, 6) is -1.12. The second-order valence-electron chi connectivity index (χ2n) is 4.96. The van der Waals surface area contributed by atoms with E-state index < -0.39 is 27.3 Å². The van der Waals surface area contributed by atoms with E-state index in [1.165, 1.54) is 0 Å². The number of nitrogens with one attached hydrogen (secondary N) is 1. The van der Waals surface area contributed by atoms with Gasteiger partial charge in [0.05, 0.1) is 17.4 Å². The van der Waals surface area contributed by atoms with Crippen LogP contribution in [-0.4, -0.2) is 42.6 Å². The third-order valence-electron chi connectivity index (χ3n) is 3.22. The Hall–Kier alpha value is -0.620. The Labute approximate surface area is 96.1 Å². The van der Waals surface area contributed by atoms with E-state index in [9.17, 15) is 13.2 Å². The molecule has 0 amide bonds. The zero-order valence-corrected chi connectivity index (χ0v) is 10.7. The highest BCUT2D eigenvalue weighted by atomic mass is 32.2. The van der Waals surface area contributed by atoms with Crippen LogP contribution in [0.2, 0.25) is 0 Å². The molecule has 16 heavy (non-hydrogen) atoms. The standard InChI is InChI=1S/C10H19NO4S/c1-7(9(12)13)8(2)11-10(3)4-5-16(14,15)6-10/h7-8,11H,4-6H2,1-3H3,(H,12,13). The third-order valence-corrected chi connectivity index (χ3v) is 5.12. The Kier molecular flexibility index (Phi) is 3.64. The Morgan fingerprint density at radius 1 is 1.44 bits per heavy atom. The molecule has 0 aromatic heterocycles. The van der Waals surface area contributed by atoms with Gasteiger partial charge < -0.3 is 10.4 Å². The molecule has 0 aromatic carbocycles. The lowest BCUT2D eigenvalue weighted by Crippen LogP contribution is -2.51. The van der Waals surface area contributed by atoms with Crippen molar-refractivity contribution in [3.05, 3.63) is 0 Å². The molecule has 6 heteroatoms. The number of aliphatic carboxylic acids is 1. The Bertz CT molecular complexity index is 378. The summed E-state index contributed by atoms with van der Waals surface area (Å²) in [6, 6.07) is -0.240. The first kappa shape index (κ1) is 13.4. The van der Waals surface area contributed by atoms with Gasteiger partial charge in [0.1, 0.15) is 0 Å². The molecular formula is C10H19NO4S. The monoisotopic (exact) mass is 249 g/mol. The molecule has 0 saturated carbocycles. The fraction of sp³-hybridized carbons (Fsp3) is 0.900. The molecule has 1 fully saturated rings. The number of carbonyl (C=O) groups is 1. The summed E-state index contributed by atoms with van der Waals surface area (Å²) in [5, 5.41) is 12.0. The summed E-state index contributed by atoms with van der Waals surface area (Å²) >= 11 is 0. The van der Waals surface area contributed by atoms with Gasteiger partial charge in [0, 0.05) is 11.6 Å². The molecule has 3 unspecified atom stereocenters. The van der Waals surface area contributed by atoms with Gasteiger partial charge in [-0.2, -0.15) is 0 Å². The minimum absolute atomic E-state index is 0.0939. The molecule has 1 aliphatic rings. The lowest BCUT2D eigenvalue weighted by atomic mass is 9.96. The van der Waals surface area contributed by atoms with Gasteiger partial charge in [0.2, 0.25) is 0 Å². The zero-order chi connectivity index (χ0) is 12.6. The Balaban J connectivity index is 2.65. The van der Waals surface area contributed by atoms with E-state index in [-0.39, 0.29) is 17.5 Å². The molecule has 0 spiro atoms. The van der Waals surface area contributed by atoms with Gasteiger partial charge >= 0.3 is 5.97 Å². The summed E-state index contributed by atoms with van der Waals surface area (Å²) in [7, 11) is -2.96. The van der Waals surface area contributed by atoms with Crippen molar-refractivity contribution >= 4 is 15.8 Å². The highest BCUT2D eigenvalue weighted by Crippen LogP contribution is 2.24. The van der Waals surface area contributed by atoms with E-state index in [0.29, 0.717) is 6.42 Å². The lowest BCUT2D eigenvalue weighted by molar-refractivity contribution is -0.142. The summed E-state index contributed by atoms with van der Waals surface area (Å²) < 4.78 is 22.8. The van der Waals surface area contributed by atoms with Crippen LogP contribution in [0.4, 0.5) is 0 Å². The van der Waals surface area contributed by atoms with Crippen LogP contribution in [0, 0.1) is 5.92 Å². The molecule has 1 aliphatic heterocycles. The van der Waals surface area contributed by atoms with Gasteiger partial charge in [-0.3, -0.25) is 4.79 Å². The van der Waals surface area contributed by atoms with Crippen LogP contribution in [0.3, 0.4) is 0 Å². The Morgan fingerprint density at radius 2 is 2.00 bits per heavy atom. The zero-order valence-electron chi connectivity index (χ0n) is 9.86. The molecule has 0 aliphatic carbocycles. The largest absolute Gasteiger partial charge is 0.481 e. The highest BCUT2D eigenvalue weighted by Gasteiger charge is 2.40. The van der Waals surface area contributed by atoms with Gasteiger partial charge in [0.25, 0.3) is 0 Å². The number of sulfone groups is 1. The summed E-state index contributed by atoms with van der Waals surface area (Å²) in [5.41, 5.74) is -0.484. The molecule has 5 nitrogen and oxygen atoms in total. The Morgan fingerprint density at radius 3 is 2.38 bits per heavy atom. The molecule has 1 heterocycles. The fourth-order valence-corrected chi connectivity index (χ4v) is 4.12. The summed E-state index contributed by atoms with van der Waals surface area (Å²) in [4.78, 5) is 10.8. The molecule has 2 N–H and O–H groups in total. The van der Waals surface area contributed by atoms with Crippen LogP contribution in [0.1, 0.15) is 27.2 Å². The van der Waals surface area contributed by atoms with Gasteiger partial charge in [-0.15, -0.1) is 0 Å². The van der Waals surface area contributed by atoms with Crippen LogP contribution in [0.5, 0.6) is 0 Å². The van der Waals surface area contributed by atoms with Crippen LogP contribution in [0.25, 0.3) is 0 Å². The molecule has 1 rings (SSSR count). The van der Waals surface area contributed by atoms with Crippen molar-refractivity contribution in [2.24, 2.45) is 5.92 Å². The van der Waals surface area contributed by atoms with Crippen molar-refractivity contribution in [1.29, 1.82) is 0 Å². The van der Waals surface area contributed by atoms with Crippen LogP contribution in [0.15, 0.2) is 0 Å². The average Bonchev–Trinajstić information content (AvgIpc) is 2.38. The van der Waals surface area contributed by atoms with Gasteiger partial charge in [-0.1, -0.05) is 6.92 Å². The maximum atomic E-state index is 11.4. The van der Waals surface area contributed by atoms with Crippen molar-refractivity contribution in [1.82, 2.24) is 5.32 Å². The molecular weight excluding hydrogens is 230 g/mol. The van der Waals surface area contributed by atoms with Gasteiger partial charge in [-0.25, -0.2) is 8.42 Å². The molecule has 0 aromatic rings. The van der Waals surface area contributed by atoms with Crippen molar-refractivity contribution in [3.8, 4) is 0 Å². The number of carboxylic acids is 1. The van der Waals surface area contributed by atoms with E-state index in [1.54, 1.807) is 13.8 Å². The predicted molar refractivity (Wildman–Crippen MR) is 61.1 cm³/mol. The van der Waals surface area contributed by atoms with Crippen molar-refractivity contribution in [2.75, 3.05) is 11.5 Å². The van der Waals surface area contributed by atoms with Crippen LogP contribution >= 0.6 is 0 Å². The second kappa shape index (κ2) is 4.33. The quantitative estimate of drug-likeness (QED) is 0.747. The third kappa shape index (κ3) is 3.18. The lowest BCUT2D eigenvalue weighted by Gasteiger charge is -2.30. The topological polar surface area (TPSA) is 83.5 Å². The first-order valence-electron chi connectivity index (χ1n) is 5.36. The van der Waals surface area contributed by atoms with Crippen LogP contribution < -0.4 is 5.32 Å². The van der Waals surface area contributed by atoms with Crippen molar-refractivity contribution < 1.29 is 18.3 Å². The van der Waals surface area contributed by atoms with Crippen molar-refractivity contribution in [2.45, 2.75) is 38.8 Å². The first-order chi connectivity index (χ1) is 7.15. The van der Waals surface area contributed by atoms with E-state index in [0.717, 1.165) is 0 Å². The second-order valence-corrected chi connectivity index (χ2v) is 7.15. The smallest absolute Gasteiger partial charge is 0.307 e. The van der Waals surface area contributed by atoms with E-state index in [2.05, 4.69) is 5.32 Å². The predicted octanol–water partition coefficient (Wildman–Crippen LogP) is 0.262. The van der Waals surface area contributed by atoms with E-state index in [4.69, 9.17) is 5.11 Å². The number of carboxylic acid groups (broad SMARTS) is 1. The number of rotatable bonds is 4. The maximum Gasteiger partial charge on any atom is 0.307 e. The van der Waals surface area contributed by atoms with E-state index >= 15 is 0 Å².